The molecule has 0 saturated carbocycles. The van der Waals surface area contributed by atoms with Crippen LogP contribution < -0.4 is 5.32 Å². The van der Waals surface area contributed by atoms with Crippen LogP contribution in [0.2, 0.25) is 0 Å². The van der Waals surface area contributed by atoms with Crippen LogP contribution in [-0.4, -0.2) is 9.73 Å². The van der Waals surface area contributed by atoms with Crippen molar-refractivity contribution in [2.45, 2.75) is 37.3 Å². The second kappa shape index (κ2) is 7.13. The molecule has 2 aromatic heterocycles. The summed E-state index contributed by atoms with van der Waals surface area (Å²) in [4.78, 5) is 4.82. The summed E-state index contributed by atoms with van der Waals surface area (Å²) in [6.07, 6.45) is 2.50. The van der Waals surface area contributed by atoms with Gasteiger partial charge in [-0.3, -0.25) is 0 Å². The number of rotatable bonds is 4. The Morgan fingerprint density at radius 1 is 1.19 bits per heavy atom. The molecule has 136 valence electrons. The number of aromatic nitrogens is 1. The molecule has 1 aromatic carbocycles. The van der Waals surface area contributed by atoms with Crippen molar-refractivity contribution in [2.24, 2.45) is 0 Å². The highest BCUT2D eigenvalue weighted by Crippen LogP contribution is 2.44. The van der Waals surface area contributed by atoms with Crippen molar-refractivity contribution in [1.29, 1.82) is 5.26 Å². The van der Waals surface area contributed by atoms with Crippen molar-refractivity contribution >= 4 is 17.6 Å². The molecule has 27 heavy (non-hydrogen) atoms. The normalized spacial score (nSPS) is 15.0. The van der Waals surface area contributed by atoms with Gasteiger partial charge in [0.05, 0.1) is 11.8 Å². The van der Waals surface area contributed by atoms with E-state index >= 15 is 0 Å². The average molecular weight is 375 g/mol. The summed E-state index contributed by atoms with van der Waals surface area (Å²) in [7, 11) is 0. The second-order valence-electron chi connectivity index (χ2n) is 7.29. The number of pyridine rings is 1. The van der Waals surface area contributed by atoms with Crippen molar-refractivity contribution in [3.05, 3.63) is 71.0 Å². The van der Waals surface area contributed by atoms with E-state index in [9.17, 15) is 5.26 Å². The fraction of sp³-hybridized carbons (Fsp3) is 0.273. The number of benzene rings is 1. The predicted molar refractivity (Wildman–Crippen MR) is 110 cm³/mol. The molecule has 1 aliphatic heterocycles. The average Bonchev–Trinajstić information content (AvgIpc) is 3.20. The molecular formula is C22H21N3OS. The lowest BCUT2D eigenvalue weighted by Gasteiger charge is -2.32. The van der Waals surface area contributed by atoms with E-state index in [2.05, 4.69) is 37.4 Å². The number of nitriles is 1. The van der Waals surface area contributed by atoms with Gasteiger partial charge in [0, 0.05) is 17.0 Å². The smallest absolute Gasteiger partial charge is 0.152 e. The SMILES string of the molecule is CC1(C)Cc2c(C#N)c(NCc3ccccc3)nc(-c3ccco3)c2CS1. The Kier molecular flexibility index (Phi) is 4.67. The van der Waals surface area contributed by atoms with Gasteiger partial charge in [-0.15, -0.1) is 0 Å². The van der Waals surface area contributed by atoms with Crippen LogP contribution in [0, 0.1) is 11.3 Å². The Bertz CT molecular complexity index is 989. The van der Waals surface area contributed by atoms with Crippen LogP contribution in [0.15, 0.2) is 53.1 Å². The standard InChI is InChI=1S/C22H21N3OS/c1-22(2)11-16-17(12-23)21(24-13-15-7-4-3-5-8-15)25-20(18(16)14-27-22)19-9-6-10-26-19/h3-10H,11,13-14H2,1-2H3,(H,24,25). The van der Waals surface area contributed by atoms with Crippen LogP contribution in [0.3, 0.4) is 0 Å². The second-order valence-corrected chi connectivity index (χ2v) is 8.98. The summed E-state index contributed by atoms with van der Waals surface area (Å²) in [5, 5.41) is 13.3. The number of nitrogens with zero attached hydrogens (tertiary/aromatic N) is 2. The maximum absolute atomic E-state index is 9.90. The van der Waals surface area contributed by atoms with Crippen molar-refractivity contribution in [1.82, 2.24) is 4.98 Å². The third-order valence-electron chi connectivity index (χ3n) is 4.79. The molecule has 0 unspecified atom stereocenters. The van der Waals surface area contributed by atoms with Crippen LogP contribution in [0.25, 0.3) is 11.5 Å². The van der Waals surface area contributed by atoms with Gasteiger partial charge in [0.25, 0.3) is 0 Å². The van der Waals surface area contributed by atoms with Crippen LogP contribution in [0.4, 0.5) is 5.82 Å². The van der Waals surface area contributed by atoms with Crippen molar-refractivity contribution in [3.8, 4) is 17.5 Å². The van der Waals surface area contributed by atoms with Gasteiger partial charge >= 0.3 is 0 Å². The van der Waals surface area contributed by atoms with E-state index in [-0.39, 0.29) is 4.75 Å². The highest BCUT2D eigenvalue weighted by atomic mass is 32.2. The van der Waals surface area contributed by atoms with E-state index < -0.39 is 0 Å². The monoisotopic (exact) mass is 375 g/mol. The summed E-state index contributed by atoms with van der Waals surface area (Å²) in [6.45, 7) is 5.08. The molecule has 4 rings (SSSR count). The zero-order chi connectivity index (χ0) is 18.9. The molecule has 0 radical (unpaired) electrons. The van der Waals surface area contributed by atoms with Gasteiger partial charge < -0.3 is 9.73 Å². The van der Waals surface area contributed by atoms with E-state index in [0.29, 0.717) is 17.9 Å². The molecule has 0 spiro atoms. The molecule has 0 atom stereocenters. The van der Waals surface area contributed by atoms with Crippen LogP contribution in [0.5, 0.6) is 0 Å². The Labute approximate surface area is 163 Å². The molecule has 4 nitrogen and oxygen atoms in total. The maximum Gasteiger partial charge on any atom is 0.152 e. The van der Waals surface area contributed by atoms with E-state index in [4.69, 9.17) is 9.40 Å². The lowest BCUT2D eigenvalue weighted by Crippen LogP contribution is -2.26. The van der Waals surface area contributed by atoms with Crippen molar-refractivity contribution in [2.75, 3.05) is 5.32 Å². The third kappa shape index (κ3) is 3.58. The predicted octanol–water partition coefficient (Wildman–Crippen LogP) is 5.39. The fourth-order valence-corrected chi connectivity index (χ4v) is 4.51. The Hall–Kier alpha value is -2.71. The zero-order valence-electron chi connectivity index (χ0n) is 15.5. The quantitative estimate of drug-likeness (QED) is 0.662. The van der Waals surface area contributed by atoms with Gasteiger partial charge in [-0.05, 0) is 35.2 Å². The van der Waals surface area contributed by atoms with Crippen LogP contribution in [-0.2, 0) is 18.7 Å². The molecule has 5 heteroatoms. The minimum atomic E-state index is 0.0943. The summed E-state index contributed by atoms with van der Waals surface area (Å²) >= 11 is 1.90. The van der Waals surface area contributed by atoms with Crippen molar-refractivity contribution in [3.63, 3.8) is 0 Å². The van der Waals surface area contributed by atoms with Gasteiger partial charge in [0.2, 0.25) is 0 Å². The van der Waals surface area contributed by atoms with Gasteiger partial charge in [0.15, 0.2) is 5.76 Å². The Morgan fingerprint density at radius 3 is 2.70 bits per heavy atom. The van der Waals surface area contributed by atoms with Gasteiger partial charge in [-0.1, -0.05) is 44.2 Å². The fourth-order valence-electron chi connectivity index (χ4n) is 3.41. The van der Waals surface area contributed by atoms with Crippen molar-refractivity contribution < 1.29 is 4.42 Å². The number of hydrogen-bond acceptors (Lipinski definition) is 5. The summed E-state index contributed by atoms with van der Waals surface area (Å²) in [6, 6.07) is 16.3. The minimum Gasteiger partial charge on any atom is -0.463 e. The Balaban J connectivity index is 1.81. The van der Waals surface area contributed by atoms with Gasteiger partial charge in [-0.2, -0.15) is 17.0 Å². The number of anilines is 1. The summed E-state index contributed by atoms with van der Waals surface area (Å²) in [5.74, 6) is 2.21. The van der Waals surface area contributed by atoms with E-state index in [1.165, 1.54) is 0 Å². The molecule has 3 aromatic rings. The molecule has 0 saturated heterocycles. The van der Waals surface area contributed by atoms with E-state index in [0.717, 1.165) is 40.3 Å². The number of fused-ring (bicyclic) bond motifs is 1. The zero-order valence-corrected chi connectivity index (χ0v) is 16.3. The van der Waals surface area contributed by atoms with Crippen LogP contribution in [0.1, 0.15) is 36.1 Å². The molecular weight excluding hydrogens is 354 g/mol. The summed E-state index contributed by atoms with van der Waals surface area (Å²) < 4.78 is 5.74. The first-order valence-corrected chi connectivity index (χ1v) is 9.97. The topological polar surface area (TPSA) is 61.9 Å². The lowest BCUT2D eigenvalue weighted by atomic mass is 9.92. The number of nitrogens with one attached hydrogen (secondary N) is 1. The molecule has 1 aliphatic rings. The minimum absolute atomic E-state index is 0.0943. The Morgan fingerprint density at radius 2 is 2.00 bits per heavy atom. The molecule has 0 bridgehead atoms. The number of thioether (sulfide) groups is 1. The summed E-state index contributed by atoms with van der Waals surface area (Å²) in [5.41, 5.74) is 4.86. The first-order chi connectivity index (χ1) is 13.1. The molecule has 0 amide bonds. The van der Waals surface area contributed by atoms with Gasteiger partial charge in [-0.25, -0.2) is 4.98 Å². The van der Waals surface area contributed by atoms with Gasteiger partial charge in [0.1, 0.15) is 17.6 Å². The highest BCUT2D eigenvalue weighted by molar-refractivity contribution is 7.99. The molecule has 0 aliphatic carbocycles. The molecule has 1 N–H and O–H groups in total. The van der Waals surface area contributed by atoms with E-state index in [1.807, 2.05) is 42.1 Å². The first kappa shape index (κ1) is 17.7. The lowest BCUT2D eigenvalue weighted by molar-refractivity contribution is 0.578. The van der Waals surface area contributed by atoms with Crippen LogP contribution >= 0.6 is 11.8 Å². The number of hydrogen-bond donors (Lipinski definition) is 1. The first-order valence-electron chi connectivity index (χ1n) is 8.99. The maximum atomic E-state index is 9.90. The largest absolute Gasteiger partial charge is 0.463 e. The third-order valence-corrected chi connectivity index (χ3v) is 6.15. The number of furan rings is 1. The van der Waals surface area contributed by atoms with E-state index in [1.54, 1.807) is 6.26 Å². The highest BCUT2D eigenvalue weighted by Gasteiger charge is 2.32. The molecule has 0 fully saturated rings. The molecule has 3 heterocycles.